The van der Waals surface area contributed by atoms with Crippen LogP contribution in [0.3, 0.4) is 0 Å². The molecule has 176 valence electrons. The van der Waals surface area contributed by atoms with Crippen molar-refractivity contribution >= 4 is 31.3 Å². The fourth-order valence-corrected chi connectivity index (χ4v) is 6.13. The molecule has 0 aromatic heterocycles. The number of sulfone groups is 1. The minimum absolute atomic E-state index is 0.0796. The number of anilines is 1. The van der Waals surface area contributed by atoms with Gasteiger partial charge in [-0.3, -0.25) is 14.3 Å². The van der Waals surface area contributed by atoms with Crippen LogP contribution in [-0.2, 0) is 24.1 Å². The van der Waals surface area contributed by atoms with E-state index in [2.05, 4.69) is 4.90 Å². The number of nitro groups is 1. The summed E-state index contributed by atoms with van der Waals surface area (Å²) < 4.78 is 54.6. The molecule has 12 heteroatoms. The van der Waals surface area contributed by atoms with Crippen molar-refractivity contribution in [3.8, 4) is 0 Å². The van der Waals surface area contributed by atoms with Crippen LogP contribution in [0.25, 0.3) is 0 Å². The smallest absolute Gasteiger partial charge is 0.270 e. The Morgan fingerprint density at radius 1 is 1.19 bits per heavy atom. The number of likely N-dealkylation sites (tertiary alicyclic amines) is 1. The van der Waals surface area contributed by atoms with Gasteiger partial charge in [0.2, 0.25) is 0 Å². The van der Waals surface area contributed by atoms with Crippen LogP contribution in [0.4, 0.5) is 11.4 Å². The molecule has 0 saturated carbocycles. The molecule has 1 atom stereocenters. The third kappa shape index (κ3) is 7.13. The van der Waals surface area contributed by atoms with Gasteiger partial charge in [0.15, 0.2) is 9.84 Å². The van der Waals surface area contributed by atoms with Crippen LogP contribution in [0, 0.1) is 10.1 Å². The predicted octanol–water partition coefficient (Wildman–Crippen LogP) is 2.05. The maximum Gasteiger partial charge on any atom is 0.270 e. The van der Waals surface area contributed by atoms with Crippen molar-refractivity contribution < 1.29 is 25.9 Å². The lowest BCUT2D eigenvalue weighted by Gasteiger charge is -2.27. The van der Waals surface area contributed by atoms with Crippen LogP contribution in [0.2, 0.25) is 0 Å². The molecule has 1 aliphatic heterocycles. The largest absolute Gasteiger partial charge is 0.368 e. The Hall–Kier alpha value is -1.76. The zero-order chi connectivity index (χ0) is 23.2. The van der Waals surface area contributed by atoms with E-state index in [-0.39, 0.29) is 23.7 Å². The Morgan fingerprint density at radius 3 is 2.52 bits per heavy atom. The molecular weight excluding hydrogens is 446 g/mol. The third-order valence-corrected chi connectivity index (χ3v) is 8.18. The highest BCUT2D eigenvalue weighted by atomic mass is 32.2. The zero-order valence-corrected chi connectivity index (χ0v) is 19.8. The summed E-state index contributed by atoms with van der Waals surface area (Å²) >= 11 is 0. The summed E-state index contributed by atoms with van der Waals surface area (Å²) in [6.07, 6.45) is 3.28. The van der Waals surface area contributed by atoms with Gasteiger partial charge in [0.05, 0.1) is 33.6 Å². The van der Waals surface area contributed by atoms with E-state index < -0.39 is 30.1 Å². The summed E-state index contributed by atoms with van der Waals surface area (Å²) in [4.78, 5) is 14.4. The first-order chi connectivity index (χ1) is 14.5. The van der Waals surface area contributed by atoms with Gasteiger partial charge in [-0.2, -0.15) is 8.42 Å². The van der Waals surface area contributed by atoms with Crippen molar-refractivity contribution in [2.45, 2.75) is 42.8 Å². The van der Waals surface area contributed by atoms with Gasteiger partial charge < -0.3 is 9.80 Å². The van der Waals surface area contributed by atoms with Gasteiger partial charge in [0.25, 0.3) is 15.8 Å². The standard InChI is InChI=1S/C19H31N3O7S2/c1-4-10-21(13-14-29-30(3,25)26)18-8-7-16(22(23)24)15-19(18)31(27,28)17-6-5-11-20(2)12-9-17/h7-8,15,17H,4-6,9-14H2,1-3H3. The molecule has 0 N–H and O–H groups in total. The van der Waals surface area contributed by atoms with E-state index in [0.29, 0.717) is 38.0 Å². The SMILES string of the molecule is CCCN(CCOS(C)(=O)=O)c1ccc([N+](=O)[O-])cc1S(=O)(=O)C1CCCN(C)CC1. The molecule has 1 aromatic carbocycles. The second-order valence-electron chi connectivity index (χ2n) is 7.82. The van der Waals surface area contributed by atoms with Gasteiger partial charge >= 0.3 is 0 Å². The van der Waals surface area contributed by atoms with Crippen molar-refractivity contribution in [1.29, 1.82) is 0 Å². The second kappa shape index (κ2) is 10.7. The topological polar surface area (TPSA) is 127 Å². The molecule has 0 amide bonds. The van der Waals surface area contributed by atoms with Crippen LogP contribution in [0.5, 0.6) is 0 Å². The molecule has 1 heterocycles. The molecule has 0 spiro atoms. The summed E-state index contributed by atoms with van der Waals surface area (Å²) in [5, 5.41) is 10.7. The molecule has 1 saturated heterocycles. The molecule has 0 bridgehead atoms. The monoisotopic (exact) mass is 477 g/mol. The van der Waals surface area contributed by atoms with Crippen LogP contribution in [0.1, 0.15) is 32.6 Å². The lowest BCUT2D eigenvalue weighted by atomic mass is 10.2. The summed E-state index contributed by atoms with van der Waals surface area (Å²) in [5.74, 6) is 0. The predicted molar refractivity (Wildman–Crippen MR) is 119 cm³/mol. The number of hydrogen-bond donors (Lipinski definition) is 0. The Morgan fingerprint density at radius 2 is 1.90 bits per heavy atom. The van der Waals surface area contributed by atoms with Crippen molar-refractivity contribution in [1.82, 2.24) is 4.90 Å². The maximum atomic E-state index is 13.6. The highest BCUT2D eigenvalue weighted by molar-refractivity contribution is 7.92. The summed E-state index contributed by atoms with van der Waals surface area (Å²) in [6.45, 7) is 3.78. The number of nitrogens with zero attached hydrogens (tertiary/aromatic N) is 3. The zero-order valence-electron chi connectivity index (χ0n) is 18.2. The lowest BCUT2D eigenvalue weighted by Crippen LogP contribution is -2.32. The first-order valence-corrected chi connectivity index (χ1v) is 13.6. The van der Waals surface area contributed by atoms with E-state index in [1.165, 1.54) is 12.1 Å². The molecule has 1 aromatic rings. The number of benzene rings is 1. The Bertz CT molecular complexity index is 980. The Kier molecular flexibility index (Phi) is 8.81. The average Bonchev–Trinajstić information content (AvgIpc) is 2.91. The first kappa shape index (κ1) is 25.5. The van der Waals surface area contributed by atoms with Crippen LogP contribution in [-0.4, -0.2) is 78.0 Å². The highest BCUT2D eigenvalue weighted by Crippen LogP contribution is 2.34. The fourth-order valence-electron chi connectivity index (χ4n) is 3.73. The Labute approximate surface area is 184 Å². The van der Waals surface area contributed by atoms with E-state index in [0.717, 1.165) is 25.3 Å². The van der Waals surface area contributed by atoms with Crippen molar-refractivity contribution in [2.75, 3.05) is 51.0 Å². The summed E-state index contributed by atoms with van der Waals surface area (Å²) in [6, 6.07) is 3.83. The van der Waals surface area contributed by atoms with E-state index in [1.807, 2.05) is 14.0 Å². The van der Waals surface area contributed by atoms with Crippen LogP contribution < -0.4 is 4.90 Å². The molecule has 2 rings (SSSR count). The first-order valence-electron chi connectivity index (χ1n) is 10.3. The minimum Gasteiger partial charge on any atom is -0.368 e. The van der Waals surface area contributed by atoms with Gasteiger partial charge in [-0.25, -0.2) is 8.42 Å². The normalized spacial score (nSPS) is 18.5. The lowest BCUT2D eigenvalue weighted by molar-refractivity contribution is -0.385. The van der Waals surface area contributed by atoms with Crippen molar-refractivity contribution in [2.24, 2.45) is 0 Å². The molecule has 0 radical (unpaired) electrons. The molecule has 1 unspecified atom stereocenters. The molecule has 1 fully saturated rings. The minimum atomic E-state index is -3.84. The van der Waals surface area contributed by atoms with Gasteiger partial charge in [-0.05, 0) is 51.9 Å². The van der Waals surface area contributed by atoms with Crippen molar-refractivity contribution in [3.63, 3.8) is 0 Å². The fraction of sp³-hybridized carbons (Fsp3) is 0.684. The molecule has 31 heavy (non-hydrogen) atoms. The van der Waals surface area contributed by atoms with E-state index in [4.69, 9.17) is 4.18 Å². The second-order valence-corrected chi connectivity index (χ2v) is 11.7. The number of rotatable bonds is 10. The van der Waals surface area contributed by atoms with E-state index in [1.54, 1.807) is 4.90 Å². The van der Waals surface area contributed by atoms with Crippen LogP contribution >= 0.6 is 0 Å². The van der Waals surface area contributed by atoms with Gasteiger partial charge in [-0.1, -0.05) is 6.92 Å². The quantitative estimate of drug-likeness (QED) is 0.282. The van der Waals surface area contributed by atoms with Gasteiger partial charge in [-0.15, -0.1) is 0 Å². The van der Waals surface area contributed by atoms with E-state index in [9.17, 15) is 26.9 Å². The van der Waals surface area contributed by atoms with Gasteiger partial charge in [0, 0.05) is 25.2 Å². The summed E-state index contributed by atoms with van der Waals surface area (Å²) in [7, 11) is -5.54. The number of nitro benzene ring substituents is 1. The van der Waals surface area contributed by atoms with E-state index >= 15 is 0 Å². The van der Waals surface area contributed by atoms with Gasteiger partial charge in [0.1, 0.15) is 0 Å². The number of non-ortho nitro benzene ring substituents is 1. The number of hydrogen-bond acceptors (Lipinski definition) is 9. The molecule has 0 aliphatic carbocycles. The van der Waals surface area contributed by atoms with Crippen molar-refractivity contribution in [3.05, 3.63) is 28.3 Å². The maximum absolute atomic E-state index is 13.6. The average molecular weight is 478 g/mol. The molecule has 1 aliphatic rings. The molecule has 10 nitrogen and oxygen atoms in total. The third-order valence-electron chi connectivity index (χ3n) is 5.29. The summed E-state index contributed by atoms with van der Waals surface area (Å²) in [5.41, 5.74) is 0.0408. The highest BCUT2D eigenvalue weighted by Gasteiger charge is 2.33. The molecular formula is C19H31N3O7S2. The Balaban J connectivity index is 2.47. The van der Waals surface area contributed by atoms with Crippen LogP contribution in [0.15, 0.2) is 23.1 Å².